The molecule has 0 aliphatic carbocycles. The summed E-state index contributed by atoms with van der Waals surface area (Å²) < 4.78 is 16.8. The molecule has 0 aliphatic rings. The maximum Gasteiger partial charge on any atom is 0.310 e. The normalized spacial score (nSPS) is 11.0. The highest BCUT2D eigenvalue weighted by molar-refractivity contribution is 5.93. The Morgan fingerprint density at radius 2 is 1.81 bits per heavy atom. The van der Waals surface area contributed by atoms with E-state index in [0.29, 0.717) is 18.9 Å². The Kier molecular flexibility index (Phi) is 6.28. The second-order valence-corrected chi connectivity index (χ2v) is 7.97. The van der Waals surface area contributed by atoms with Crippen molar-refractivity contribution in [2.45, 2.75) is 33.4 Å². The van der Waals surface area contributed by atoms with Gasteiger partial charge in [0.2, 0.25) is 0 Å². The Morgan fingerprint density at radius 1 is 1.00 bits per heavy atom. The average Bonchev–Trinajstić information content (AvgIpc) is 3.28. The van der Waals surface area contributed by atoms with Gasteiger partial charge in [0.25, 0.3) is 0 Å². The highest BCUT2D eigenvalue weighted by atomic mass is 16.5. The van der Waals surface area contributed by atoms with Crippen molar-refractivity contribution < 1.29 is 18.7 Å². The van der Waals surface area contributed by atoms with Crippen LogP contribution in [0.25, 0.3) is 22.1 Å². The van der Waals surface area contributed by atoms with Gasteiger partial charge < -0.3 is 19.6 Å². The van der Waals surface area contributed by atoms with Gasteiger partial charge in [-0.15, -0.1) is 0 Å². The number of furan rings is 1. The number of benzene rings is 3. The molecule has 0 aliphatic heterocycles. The van der Waals surface area contributed by atoms with Gasteiger partial charge in [-0.25, -0.2) is 0 Å². The monoisotopic (exact) mass is 429 g/mol. The molecule has 1 heterocycles. The number of fused-ring (bicyclic) bond motifs is 1. The maximum atomic E-state index is 11.9. The summed E-state index contributed by atoms with van der Waals surface area (Å²) >= 11 is 0. The van der Waals surface area contributed by atoms with Crippen molar-refractivity contribution in [2.24, 2.45) is 5.73 Å². The first-order chi connectivity index (χ1) is 15.5. The van der Waals surface area contributed by atoms with Gasteiger partial charge in [0.05, 0.1) is 19.8 Å². The summed E-state index contributed by atoms with van der Waals surface area (Å²) in [6, 6.07) is 18.2. The van der Waals surface area contributed by atoms with E-state index in [4.69, 9.17) is 19.6 Å². The quantitative estimate of drug-likeness (QED) is 0.394. The molecule has 4 rings (SSSR count). The van der Waals surface area contributed by atoms with E-state index in [1.165, 1.54) is 7.11 Å². The first kappa shape index (κ1) is 21.7. The molecule has 0 saturated carbocycles. The first-order valence-corrected chi connectivity index (χ1v) is 10.6. The number of rotatable bonds is 7. The zero-order chi connectivity index (χ0) is 22.7. The van der Waals surface area contributed by atoms with Crippen molar-refractivity contribution in [2.75, 3.05) is 7.11 Å². The largest absolute Gasteiger partial charge is 0.489 e. The summed E-state index contributed by atoms with van der Waals surface area (Å²) in [7, 11) is 1.39. The molecule has 5 nitrogen and oxygen atoms in total. The Balaban J connectivity index is 1.67. The van der Waals surface area contributed by atoms with E-state index in [0.717, 1.165) is 49.9 Å². The molecular formula is C27H27NO4. The third-order valence-electron chi connectivity index (χ3n) is 5.72. The van der Waals surface area contributed by atoms with E-state index in [1.54, 1.807) is 6.26 Å². The fourth-order valence-corrected chi connectivity index (χ4v) is 3.82. The highest BCUT2D eigenvalue weighted by Gasteiger charge is 2.14. The molecule has 3 aromatic carbocycles. The number of nitrogens with two attached hydrogens (primary N) is 1. The van der Waals surface area contributed by atoms with Crippen LogP contribution in [0.15, 0.2) is 65.3 Å². The molecule has 0 radical (unpaired) electrons. The molecule has 1 aromatic heterocycles. The molecule has 0 unspecified atom stereocenters. The van der Waals surface area contributed by atoms with Crippen molar-refractivity contribution in [3.8, 4) is 16.9 Å². The number of carbonyl (C=O) groups excluding carboxylic acids is 1. The molecule has 2 N–H and O–H groups in total. The van der Waals surface area contributed by atoms with Crippen molar-refractivity contribution in [1.82, 2.24) is 0 Å². The van der Waals surface area contributed by atoms with Crippen molar-refractivity contribution in [3.05, 3.63) is 88.7 Å². The molecule has 0 spiro atoms. The summed E-state index contributed by atoms with van der Waals surface area (Å²) in [5.41, 5.74) is 13.8. The van der Waals surface area contributed by atoms with Gasteiger partial charge >= 0.3 is 5.97 Å². The summed E-state index contributed by atoms with van der Waals surface area (Å²) in [6.07, 6.45) is 1.87. The van der Waals surface area contributed by atoms with E-state index in [-0.39, 0.29) is 12.4 Å². The minimum Gasteiger partial charge on any atom is -0.489 e. The van der Waals surface area contributed by atoms with Crippen LogP contribution >= 0.6 is 0 Å². The number of ether oxygens (including phenoxy) is 2. The van der Waals surface area contributed by atoms with Gasteiger partial charge in [-0.1, -0.05) is 24.3 Å². The zero-order valence-electron chi connectivity index (χ0n) is 18.6. The summed E-state index contributed by atoms with van der Waals surface area (Å²) in [5, 5.41) is 1.01. The molecular weight excluding hydrogens is 402 g/mol. The number of hydrogen-bond acceptors (Lipinski definition) is 5. The fraction of sp³-hybridized carbons (Fsp3) is 0.222. The third-order valence-corrected chi connectivity index (χ3v) is 5.72. The van der Waals surface area contributed by atoms with Crippen LogP contribution in [0.2, 0.25) is 0 Å². The van der Waals surface area contributed by atoms with Gasteiger partial charge in [0, 0.05) is 23.1 Å². The molecule has 5 heteroatoms. The topological polar surface area (TPSA) is 74.7 Å². The van der Waals surface area contributed by atoms with Crippen LogP contribution in [-0.4, -0.2) is 13.1 Å². The number of hydrogen-bond donors (Lipinski definition) is 1. The van der Waals surface area contributed by atoms with Crippen LogP contribution in [0.1, 0.15) is 27.8 Å². The Labute approximate surface area is 187 Å². The van der Waals surface area contributed by atoms with Gasteiger partial charge in [-0.2, -0.15) is 0 Å². The molecule has 164 valence electrons. The van der Waals surface area contributed by atoms with E-state index in [1.807, 2.05) is 44.2 Å². The molecule has 4 aromatic rings. The van der Waals surface area contributed by atoms with Crippen LogP contribution in [0.4, 0.5) is 0 Å². The lowest BCUT2D eigenvalue weighted by Crippen LogP contribution is -2.08. The van der Waals surface area contributed by atoms with E-state index in [2.05, 4.69) is 24.3 Å². The Bertz CT molecular complexity index is 1270. The molecule has 0 bridgehead atoms. The van der Waals surface area contributed by atoms with Crippen LogP contribution < -0.4 is 10.5 Å². The number of aryl methyl sites for hydroxylation is 2. The lowest BCUT2D eigenvalue weighted by Gasteiger charge is -2.15. The maximum absolute atomic E-state index is 11.9. The average molecular weight is 430 g/mol. The fourth-order valence-electron chi connectivity index (χ4n) is 3.82. The standard InChI is InChI=1S/C27H27NO4/c1-17-9-23(14-26(29)30-3)25(10-18(17)2)32-16-20-12-22-7-8-31-27(22)24(13-20)21-6-4-5-19(11-21)15-28/h4-13H,14-16,28H2,1-3H3. The van der Waals surface area contributed by atoms with Crippen LogP contribution in [0.5, 0.6) is 5.75 Å². The summed E-state index contributed by atoms with van der Waals surface area (Å²) in [6.45, 7) is 4.90. The number of carbonyl (C=O) groups is 1. The minimum atomic E-state index is -0.292. The van der Waals surface area contributed by atoms with E-state index in [9.17, 15) is 4.79 Å². The van der Waals surface area contributed by atoms with Gasteiger partial charge in [-0.05, 0) is 72.0 Å². The number of esters is 1. The molecule has 0 atom stereocenters. The van der Waals surface area contributed by atoms with Gasteiger partial charge in [-0.3, -0.25) is 4.79 Å². The first-order valence-electron chi connectivity index (χ1n) is 10.6. The van der Waals surface area contributed by atoms with E-state index < -0.39 is 0 Å². The van der Waals surface area contributed by atoms with Crippen molar-refractivity contribution in [1.29, 1.82) is 0 Å². The lowest BCUT2D eigenvalue weighted by atomic mass is 9.99. The predicted molar refractivity (Wildman–Crippen MR) is 126 cm³/mol. The zero-order valence-corrected chi connectivity index (χ0v) is 18.6. The molecule has 0 fully saturated rings. The highest BCUT2D eigenvalue weighted by Crippen LogP contribution is 2.32. The lowest BCUT2D eigenvalue weighted by molar-refractivity contribution is -0.139. The molecule has 0 saturated heterocycles. The van der Waals surface area contributed by atoms with Crippen LogP contribution in [-0.2, 0) is 29.1 Å². The third kappa shape index (κ3) is 4.53. The van der Waals surface area contributed by atoms with Gasteiger partial charge in [0.15, 0.2) is 0 Å². The minimum absolute atomic E-state index is 0.171. The second kappa shape index (κ2) is 9.28. The molecule has 0 amide bonds. The van der Waals surface area contributed by atoms with Crippen LogP contribution in [0, 0.1) is 13.8 Å². The van der Waals surface area contributed by atoms with Crippen molar-refractivity contribution >= 4 is 16.9 Å². The smallest absolute Gasteiger partial charge is 0.310 e. The SMILES string of the molecule is COC(=O)Cc1cc(C)c(C)cc1OCc1cc(-c2cccc(CN)c2)c2occc2c1. The Morgan fingerprint density at radius 3 is 2.59 bits per heavy atom. The Hall–Kier alpha value is -3.57. The van der Waals surface area contributed by atoms with Crippen molar-refractivity contribution in [3.63, 3.8) is 0 Å². The van der Waals surface area contributed by atoms with Gasteiger partial charge in [0.1, 0.15) is 17.9 Å². The second-order valence-electron chi connectivity index (χ2n) is 7.97. The van der Waals surface area contributed by atoms with Crippen LogP contribution in [0.3, 0.4) is 0 Å². The summed E-state index contributed by atoms with van der Waals surface area (Å²) in [4.78, 5) is 11.9. The van der Waals surface area contributed by atoms with E-state index >= 15 is 0 Å². The number of methoxy groups -OCH3 is 1. The predicted octanol–water partition coefficient (Wildman–Crippen LogP) is 5.47. The molecule has 32 heavy (non-hydrogen) atoms. The summed E-state index contributed by atoms with van der Waals surface area (Å²) in [5.74, 6) is 0.400.